The topological polar surface area (TPSA) is 0 Å². The molecule has 1 heteroatoms. The molecule has 0 fully saturated rings. The third kappa shape index (κ3) is 4.44. The van der Waals surface area contributed by atoms with E-state index in [9.17, 15) is 0 Å². The van der Waals surface area contributed by atoms with E-state index in [1.54, 1.807) is 0 Å². The van der Waals surface area contributed by atoms with E-state index in [0.717, 1.165) is 15.0 Å². The summed E-state index contributed by atoms with van der Waals surface area (Å²) >= 11 is 0.962. The molecular weight excluding hydrogens is 248 g/mol. The Bertz CT molecular complexity index is 446. The summed E-state index contributed by atoms with van der Waals surface area (Å²) in [6.07, 6.45) is 29.2. The van der Waals surface area contributed by atoms with Gasteiger partial charge in [-0.05, 0) is 0 Å². The average Bonchev–Trinajstić information content (AvgIpc) is 2.24. The standard InChI is InChI=1S/2C8H7.Fe/c2*1-2-4-6-8-7-5-3-1;/h2*1-7H;. The first kappa shape index (κ1) is 11.9. The quantitative estimate of drug-likeness (QED) is 0.654. The molecule has 2 rings (SSSR count). The molecule has 0 unspecified atom stereocenters. The van der Waals surface area contributed by atoms with Crippen molar-refractivity contribution in [1.29, 1.82) is 0 Å². The molecule has 0 aromatic rings. The SMILES string of the molecule is C1=CC=C[C]([Fe][C]2=CC=CC=CC=C2)=CC=C1. The third-order valence-electron chi connectivity index (χ3n) is 2.10. The molecule has 2 aliphatic carbocycles. The van der Waals surface area contributed by atoms with E-state index in [2.05, 4.69) is 72.9 Å². The van der Waals surface area contributed by atoms with Gasteiger partial charge in [-0.15, -0.1) is 0 Å². The predicted octanol–water partition coefficient (Wildman–Crippen LogP) is 4.20. The summed E-state index contributed by atoms with van der Waals surface area (Å²) in [5, 5.41) is 0. The fraction of sp³-hybridized carbons (Fsp3) is 0. The summed E-state index contributed by atoms with van der Waals surface area (Å²) in [7, 11) is 0. The van der Waals surface area contributed by atoms with Crippen LogP contribution >= 0.6 is 0 Å². The van der Waals surface area contributed by atoms with Crippen LogP contribution in [0.4, 0.5) is 0 Å². The average molecular weight is 262 g/mol. The van der Waals surface area contributed by atoms with Crippen molar-refractivity contribution in [3.63, 3.8) is 0 Å². The number of rotatable bonds is 2. The molecule has 86 valence electrons. The van der Waals surface area contributed by atoms with Crippen molar-refractivity contribution < 1.29 is 15.0 Å². The zero-order valence-corrected chi connectivity index (χ0v) is 10.5. The maximum atomic E-state index is 2.16. The zero-order chi connectivity index (χ0) is 11.8. The minimum atomic E-state index is 0.962. The summed E-state index contributed by atoms with van der Waals surface area (Å²) in [5.74, 6) is 0. The minimum absolute atomic E-state index is 0.962. The molecule has 0 aromatic heterocycles. The van der Waals surface area contributed by atoms with Gasteiger partial charge in [0.1, 0.15) is 0 Å². The summed E-state index contributed by atoms with van der Waals surface area (Å²) in [6, 6.07) is 0. The van der Waals surface area contributed by atoms with Crippen molar-refractivity contribution in [2.24, 2.45) is 0 Å². The van der Waals surface area contributed by atoms with Crippen molar-refractivity contribution in [3.05, 3.63) is 94.0 Å². The first-order valence-corrected chi connectivity index (χ1v) is 6.61. The Hall–Kier alpha value is -1.56. The fourth-order valence-corrected chi connectivity index (χ4v) is 2.47. The Morgan fingerprint density at radius 3 is 1.41 bits per heavy atom. The molecule has 0 spiro atoms. The molecule has 17 heavy (non-hydrogen) atoms. The van der Waals surface area contributed by atoms with Crippen molar-refractivity contribution in [3.8, 4) is 0 Å². The van der Waals surface area contributed by atoms with Crippen LogP contribution in [0.15, 0.2) is 94.0 Å². The molecule has 0 radical (unpaired) electrons. The molecule has 0 nitrogen and oxygen atoms in total. The summed E-state index contributed by atoms with van der Waals surface area (Å²) in [4.78, 5) is 0. The number of hydrogen-bond donors (Lipinski definition) is 0. The zero-order valence-electron chi connectivity index (χ0n) is 9.44. The van der Waals surface area contributed by atoms with Gasteiger partial charge < -0.3 is 0 Å². The first-order chi connectivity index (χ1) is 8.45. The molecule has 0 saturated carbocycles. The Morgan fingerprint density at radius 2 is 0.882 bits per heavy atom. The monoisotopic (exact) mass is 262 g/mol. The van der Waals surface area contributed by atoms with E-state index >= 15 is 0 Å². The molecule has 0 aromatic carbocycles. The Labute approximate surface area is 109 Å². The normalized spacial score (nSPS) is 18.4. The van der Waals surface area contributed by atoms with Crippen molar-refractivity contribution in [2.75, 3.05) is 0 Å². The van der Waals surface area contributed by atoms with Gasteiger partial charge >= 0.3 is 109 Å². The van der Waals surface area contributed by atoms with Crippen LogP contribution in [-0.2, 0) is 15.0 Å². The van der Waals surface area contributed by atoms with Gasteiger partial charge in [-0.25, -0.2) is 0 Å². The summed E-state index contributed by atoms with van der Waals surface area (Å²) in [6.45, 7) is 0. The molecule has 0 amide bonds. The van der Waals surface area contributed by atoms with E-state index in [0.29, 0.717) is 0 Å². The van der Waals surface area contributed by atoms with Crippen LogP contribution in [0.25, 0.3) is 0 Å². The fourth-order valence-electron chi connectivity index (χ4n) is 1.31. The second-order valence-electron chi connectivity index (χ2n) is 3.42. The molecule has 0 N–H and O–H groups in total. The van der Waals surface area contributed by atoms with Gasteiger partial charge in [0.25, 0.3) is 0 Å². The Balaban J connectivity index is 2.10. The van der Waals surface area contributed by atoms with Gasteiger partial charge in [0.2, 0.25) is 0 Å². The Morgan fingerprint density at radius 1 is 0.471 bits per heavy atom. The maximum absolute atomic E-state index is 2.16. The van der Waals surface area contributed by atoms with Gasteiger partial charge in [-0.2, -0.15) is 0 Å². The van der Waals surface area contributed by atoms with Crippen LogP contribution in [0.5, 0.6) is 0 Å². The summed E-state index contributed by atoms with van der Waals surface area (Å²) < 4.78 is 2.64. The van der Waals surface area contributed by atoms with E-state index in [-0.39, 0.29) is 0 Å². The van der Waals surface area contributed by atoms with Gasteiger partial charge in [0.05, 0.1) is 0 Å². The van der Waals surface area contributed by atoms with Gasteiger partial charge in [-0.3, -0.25) is 0 Å². The first-order valence-electron chi connectivity index (χ1n) is 5.51. The van der Waals surface area contributed by atoms with Crippen LogP contribution in [-0.4, -0.2) is 0 Å². The molecule has 0 bridgehead atoms. The van der Waals surface area contributed by atoms with Gasteiger partial charge in [0, 0.05) is 0 Å². The van der Waals surface area contributed by atoms with Gasteiger partial charge in [0.15, 0.2) is 0 Å². The molecule has 0 atom stereocenters. The van der Waals surface area contributed by atoms with Crippen LogP contribution in [0.2, 0.25) is 0 Å². The van der Waals surface area contributed by atoms with Crippen LogP contribution in [0, 0.1) is 0 Å². The van der Waals surface area contributed by atoms with E-state index in [1.165, 1.54) is 8.94 Å². The molecule has 0 heterocycles. The number of hydrogen-bond acceptors (Lipinski definition) is 0. The van der Waals surface area contributed by atoms with Crippen molar-refractivity contribution in [2.45, 2.75) is 0 Å². The second-order valence-corrected chi connectivity index (χ2v) is 4.97. The van der Waals surface area contributed by atoms with E-state index in [4.69, 9.17) is 0 Å². The van der Waals surface area contributed by atoms with Crippen molar-refractivity contribution in [1.82, 2.24) is 0 Å². The molecular formula is C16H14Fe. The van der Waals surface area contributed by atoms with Gasteiger partial charge in [-0.1, -0.05) is 0 Å². The van der Waals surface area contributed by atoms with Crippen molar-refractivity contribution >= 4 is 0 Å². The van der Waals surface area contributed by atoms with Crippen LogP contribution < -0.4 is 0 Å². The number of allylic oxidation sites excluding steroid dienone is 16. The third-order valence-corrected chi connectivity index (χ3v) is 3.47. The second kappa shape index (κ2) is 6.90. The van der Waals surface area contributed by atoms with E-state index < -0.39 is 0 Å². The van der Waals surface area contributed by atoms with Crippen LogP contribution in [0.3, 0.4) is 0 Å². The predicted molar refractivity (Wildman–Crippen MR) is 71.0 cm³/mol. The van der Waals surface area contributed by atoms with Crippen LogP contribution in [0.1, 0.15) is 0 Å². The molecule has 0 saturated heterocycles. The Kier molecular flexibility index (Phi) is 4.84. The molecule has 0 aliphatic heterocycles. The molecule has 2 aliphatic rings. The summed E-state index contributed by atoms with van der Waals surface area (Å²) in [5.41, 5.74) is 0. The van der Waals surface area contributed by atoms with E-state index in [1.807, 2.05) is 12.2 Å².